The molecule has 2 N–H and O–H groups in total. The van der Waals surface area contributed by atoms with Crippen molar-refractivity contribution in [1.82, 2.24) is 10.2 Å². The summed E-state index contributed by atoms with van der Waals surface area (Å²) in [5, 5.41) is 12.9. The highest BCUT2D eigenvalue weighted by Gasteiger charge is 2.36. The molecule has 1 heterocycles. The minimum Gasteiger partial charge on any atom is -0.388 e. The molecule has 1 fully saturated rings. The lowest BCUT2D eigenvalue weighted by molar-refractivity contribution is -0.137. The van der Waals surface area contributed by atoms with Gasteiger partial charge < -0.3 is 15.3 Å². The van der Waals surface area contributed by atoms with Crippen LogP contribution in [-0.4, -0.2) is 47.6 Å². The Hall–Kier alpha value is -1.54. The Labute approximate surface area is 120 Å². The average molecular weight is 280 g/mol. The van der Waals surface area contributed by atoms with Gasteiger partial charge in [-0.15, -0.1) is 0 Å². The maximum absolute atomic E-state index is 12.0. The molecule has 1 aliphatic rings. The van der Waals surface area contributed by atoms with E-state index >= 15 is 0 Å². The number of carbonyl (C=O) groups is 2. The highest BCUT2D eigenvalue weighted by molar-refractivity contribution is 5.93. The monoisotopic (exact) mass is 280 g/mol. The SMILES string of the molecule is CNC(=O)CC1(O)CCCN(C(=O)C#CC(C)(C)C)C1. The fourth-order valence-electron chi connectivity index (χ4n) is 2.14. The summed E-state index contributed by atoms with van der Waals surface area (Å²) in [4.78, 5) is 25.0. The quantitative estimate of drug-likeness (QED) is 0.725. The molecule has 5 heteroatoms. The van der Waals surface area contributed by atoms with Crippen molar-refractivity contribution in [3.8, 4) is 11.8 Å². The Morgan fingerprint density at radius 1 is 1.40 bits per heavy atom. The van der Waals surface area contributed by atoms with Crippen LogP contribution in [0.4, 0.5) is 0 Å². The number of nitrogens with one attached hydrogen (secondary N) is 1. The van der Waals surface area contributed by atoms with Gasteiger partial charge in [-0.3, -0.25) is 9.59 Å². The summed E-state index contributed by atoms with van der Waals surface area (Å²) in [6.45, 7) is 6.55. The normalized spacial score (nSPS) is 22.8. The zero-order valence-corrected chi connectivity index (χ0v) is 12.7. The van der Waals surface area contributed by atoms with Crippen molar-refractivity contribution in [1.29, 1.82) is 0 Å². The van der Waals surface area contributed by atoms with Gasteiger partial charge in [0.2, 0.25) is 5.91 Å². The number of likely N-dealkylation sites (tertiary alicyclic amines) is 1. The number of rotatable bonds is 2. The van der Waals surface area contributed by atoms with E-state index in [2.05, 4.69) is 17.2 Å². The van der Waals surface area contributed by atoms with Crippen molar-refractivity contribution in [2.45, 2.75) is 45.6 Å². The predicted octanol–water partition coefficient (Wildman–Crippen LogP) is 0.525. The van der Waals surface area contributed by atoms with Crippen LogP contribution >= 0.6 is 0 Å². The van der Waals surface area contributed by atoms with Crippen molar-refractivity contribution < 1.29 is 14.7 Å². The van der Waals surface area contributed by atoms with Crippen LogP contribution in [0.15, 0.2) is 0 Å². The van der Waals surface area contributed by atoms with E-state index in [1.807, 2.05) is 20.8 Å². The van der Waals surface area contributed by atoms with Gasteiger partial charge >= 0.3 is 0 Å². The molecule has 0 aliphatic carbocycles. The summed E-state index contributed by atoms with van der Waals surface area (Å²) in [6.07, 6.45) is 1.22. The first-order valence-corrected chi connectivity index (χ1v) is 6.90. The first kappa shape index (κ1) is 16.5. The second-order valence-electron chi connectivity index (χ2n) is 6.40. The van der Waals surface area contributed by atoms with E-state index in [4.69, 9.17) is 0 Å². The van der Waals surface area contributed by atoms with Crippen LogP contribution in [0, 0.1) is 17.3 Å². The highest BCUT2D eigenvalue weighted by Crippen LogP contribution is 2.24. The molecule has 0 bridgehead atoms. The third-order valence-corrected chi connectivity index (χ3v) is 3.16. The minimum absolute atomic E-state index is 0.0139. The van der Waals surface area contributed by atoms with E-state index in [1.54, 1.807) is 0 Å². The van der Waals surface area contributed by atoms with Crippen LogP contribution in [0.1, 0.15) is 40.0 Å². The van der Waals surface area contributed by atoms with Crippen molar-refractivity contribution in [2.75, 3.05) is 20.1 Å². The van der Waals surface area contributed by atoms with Crippen molar-refractivity contribution >= 4 is 11.8 Å². The van der Waals surface area contributed by atoms with E-state index < -0.39 is 5.60 Å². The Bertz CT molecular complexity index is 442. The summed E-state index contributed by atoms with van der Waals surface area (Å²) in [5.74, 6) is 5.02. The van der Waals surface area contributed by atoms with E-state index in [0.717, 1.165) is 0 Å². The second-order valence-corrected chi connectivity index (χ2v) is 6.40. The van der Waals surface area contributed by atoms with Crippen LogP contribution in [-0.2, 0) is 9.59 Å². The third-order valence-electron chi connectivity index (χ3n) is 3.16. The van der Waals surface area contributed by atoms with Crippen LogP contribution in [0.5, 0.6) is 0 Å². The average Bonchev–Trinajstić information content (AvgIpc) is 2.34. The Balaban J connectivity index is 2.71. The molecule has 112 valence electrons. The van der Waals surface area contributed by atoms with Gasteiger partial charge in [-0.2, -0.15) is 0 Å². The maximum atomic E-state index is 12.0. The highest BCUT2D eigenvalue weighted by atomic mass is 16.3. The molecule has 0 radical (unpaired) electrons. The van der Waals surface area contributed by atoms with Gasteiger partial charge in [0.05, 0.1) is 18.6 Å². The molecular formula is C15H24N2O3. The van der Waals surface area contributed by atoms with Gasteiger partial charge in [0.15, 0.2) is 0 Å². The van der Waals surface area contributed by atoms with E-state index in [9.17, 15) is 14.7 Å². The fraction of sp³-hybridized carbons (Fsp3) is 0.733. The number of amides is 2. The van der Waals surface area contributed by atoms with Gasteiger partial charge in [0.25, 0.3) is 5.91 Å². The maximum Gasteiger partial charge on any atom is 0.298 e. The van der Waals surface area contributed by atoms with Crippen LogP contribution in [0.25, 0.3) is 0 Å². The number of carbonyl (C=O) groups excluding carboxylic acids is 2. The topological polar surface area (TPSA) is 69.6 Å². The van der Waals surface area contributed by atoms with Gasteiger partial charge in [0, 0.05) is 19.0 Å². The van der Waals surface area contributed by atoms with E-state index in [-0.39, 0.29) is 30.2 Å². The van der Waals surface area contributed by atoms with E-state index in [0.29, 0.717) is 19.4 Å². The molecule has 0 aromatic rings. The standard InChI is InChI=1S/C15H24N2O3/c1-14(2,3)8-6-13(19)17-9-5-7-15(20,11-17)10-12(18)16-4/h20H,5,7,9-11H2,1-4H3,(H,16,18). The number of piperidine rings is 1. The summed E-state index contributed by atoms with van der Waals surface area (Å²) in [5.41, 5.74) is -1.37. The largest absolute Gasteiger partial charge is 0.388 e. The molecular weight excluding hydrogens is 256 g/mol. The predicted molar refractivity (Wildman–Crippen MR) is 76.7 cm³/mol. The van der Waals surface area contributed by atoms with Gasteiger partial charge in [-0.25, -0.2) is 0 Å². The first-order chi connectivity index (χ1) is 9.15. The molecule has 0 spiro atoms. The lowest BCUT2D eigenvalue weighted by atomic mass is 9.89. The molecule has 5 nitrogen and oxygen atoms in total. The number of hydrogen-bond donors (Lipinski definition) is 2. The molecule has 1 aliphatic heterocycles. The van der Waals surface area contributed by atoms with Crippen LogP contribution < -0.4 is 5.32 Å². The molecule has 1 atom stereocenters. The smallest absolute Gasteiger partial charge is 0.298 e. The second kappa shape index (κ2) is 6.27. The van der Waals surface area contributed by atoms with Crippen LogP contribution in [0.2, 0.25) is 0 Å². The molecule has 20 heavy (non-hydrogen) atoms. The van der Waals surface area contributed by atoms with Gasteiger partial charge in [-0.05, 0) is 39.5 Å². The lowest BCUT2D eigenvalue weighted by Crippen LogP contribution is -2.51. The van der Waals surface area contributed by atoms with Gasteiger partial charge in [0.1, 0.15) is 0 Å². The first-order valence-electron chi connectivity index (χ1n) is 6.90. The zero-order valence-electron chi connectivity index (χ0n) is 12.7. The minimum atomic E-state index is -1.14. The van der Waals surface area contributed by atoms with Crippen LogP contribution in [0.3, 0.4) is 0 Å². The lowest BCUT2D eigenvalue weighted by Gasteiger charge is -2.38. The number of nitrogens with zero attached hydrogens (tertiary/aromatic N) is 1. The van der Waals surface area contributed by atoms with Crippen molar-refractivity contribution in [2.24, 2.45) is 5.41 Å². The van der Waals surface area contributed by atoms with Crippen molar-refractivity contribution in [3.63, 3.8) is 0 Å². The molecule has 1 saturated heterocycles. The summed E-state index contributed by atoms with van der Waals surface area (Å²) in [6, 6.07) is 0. The number of aliphatic hydroxyl groups is 1. The third kappa shape index (κ3) is 5.22. The zero-order chi connectivity index (χ0) is 15.4. The molecule has 0 aromatic heterocycles. The number of β-amino-alcohol motifs (C(OH)–C–C–N with tert-alkyl or cyclic N) is 1. The Morgan fingerprint density at radius 3 is 2.60 bits per heavy atom. The number of hydrogen-bond acceptors (Lipinski definition) is 3. The molecule has 0 aromatic carbocycles. The Morgan fingerprint density at radius 2 is 2.05 bits per heavy atom. The molecule has 2 amide bonds. The van der Waals surface area contributed by atoms with Crippen molar-refractivity contribution in [3.05, 3.63) is 0 Å². The molecule has 1 rings (SSSR count). The molecule has 1 unspecified atom stereocenters. The fourth-order valence-corrected chi connectivity index (χ4v) is 2.14. The summed E-state index contributed by atoms with van der Waals surface area (Å²) < 4.78 is 0. The molecule has 0 saturated carbocycles. The van der Waals surface area contributed by atoms with Gasteiger partial charge in [-0.1, -0.05) is 5.92 Å². The van der Waals surface area contributed by atoms with E-state index in [1.165, 1.54) is 11.9 Å². The summed E-state index contributed by atoms with van der Waals surface area (Å²) >= 11 is 0. The Kier molecular flexibility index (Phi) is 5.18. The summed E-state index contributed by atoms with van der Waals surface area (Å²) in [7, 11) is 1.53.